The van der Waals surface area contributed by atoms with Crippen molar-refractivity contribution in [2.24, 2.45) is 5.73 Å². The Morgan fingerprint density at radius 1 is 1.19 bits per heavy atom. The minimum absolute atomic E-state index is 0.384. The van der Waals surface area contributed by atoms with E-state index in [1.165, 1.54) is 17.7 Å². The van der Waals surface area contributed by atoms with E-state index in [1.807, 2.05) is 0 Å². The van der Waals surface area contributed by atoms with Crippen molar-refractivity contribution in [3.05, 3.63) is 29.8 Å². The third kappa shape index (κ3) is 2.99. The van der Waals surface area contributed by atoms with Crippen LogP contribution in [0.3, 0.4) is 0 Å². The lowest BCUT2D eigenvalue weighted by molar-refractivity contribution is 0.694. The molecule has 2 nitrogen and oxygen atoms in total. The molecule has 0 radical (unpaired) electrons. The molecule has 0 heterocycles. The van der Waals surface area contributed by atoms with Gasteiger partial charge in [0.25, 0.3) is 0 Å². The van der Waals surface area contributed by atoms with E-state index in [0.717, 1.165) is 0 Å². The summed E-state index contributed by atoms with van der Waals surface area (Å²) in [5, 5.41) is 0. The Bertz CT molecular complexity index is 305. The van der Waals surface area contributed by atoms with Crippen molar-refractivity contribution in [3.63, 3.8) is 0 Å². The van der Waals surface area contributed by atoms with Crippen molar-refractivity contribution in [2.75, 3.05) is 18.5 Å². The van der Waals surface area contributed by atoms with Crippen molar-refractivity contribution in [2.45, 2.75) is 39.2 Å². The van der Waals surface area contributed by atoms with Crippen LogP contribution in [0.5, 0.6) is 0 Å². The van der Waals surface area contributed by atoms with Gasteiger partial charge in [-0.05, 0) is 37.0 Å². The highest BCUT2D eigenvalue weighted by molar-refractivity contribution is 5.48. The van der Waals surface area contributed by atoms with Crippen LogP contribution in [-0.4, -0.2) is 19.6 Å². The van der Waals surface area contributed by atoms with Crippen LogP contribution < -0.4 is 10.6 Å². The summed E-state index contributed by atoms with van der Waals surface area (Å²) in [6.45, 7) is 7.31. The Balaban J connectivity index is 2.78. The maximum atomic E-state index is 5.67. The summed E-state index contributed by atoms with van der Waals surface area (Å²) >= 11 is 0. The molecule has 0 aromatic heterocycles. The lowest BCUT2D eigenvalue weighted by atomic mass is 9.98. The molecule has 0 spiro atoms. The molecular formula is C14H24N2. The van der Waals surface area contributed by atoms with Crippen LogP contribution in [0.15, 0.2) is 24.3 Å². The summed E-state index contributed by atoms with van der Waals surface area (Å²) in [6.07, 6.45) is 1.19. The van der Waals surface area contributed by atoms with E-state index in [2.05, 4.69) is 57.0 Å². The third-order valence-electron chi connectivity index (χ3n) is 3.48. The van der Waals surface area contributed by atoms with Crippen LogP contribution in [0, 0.1) is 0 Å². The van der Waals surface area contributed by atoms with Crippen LogP contribution in [0.4, 0.5) is 5.69 Å². The second kappa shape index (κ2) is 5.90. The molecule has 0 bridgehead atoms. The Morgan fingerprint density at radius 2 is 1.75 bits per heavy atom. The van der Waals surface area contributed by atoms with Crippen molar-refractivity contribution < 1.29 is 0 Å². The summed E-state index contributed by atoms with van der Waals surface area (Å²) in [4.78, 5) is 2.22. The van der Waals surface area contributed by atoms with Gasteiger partial charge in [-0.2, -0.15) is 0 Å². The number of likely N-dealkylation sites (N-methyl/N-ethyl adjacent to an activating group) is 1. The first-order valence-electron chi connectivity index (χ1n) is 6.13. The van der Waals surface area contributed by atoms with Crippen LogP contribution >= 0.6 is 0 Å². The zero-order valence-electron chi connectivity index (χ0n) is 10.9. The molecule has 2 heteroatoms. The van der Waals surface area contributed by atoms with Gasteiger partial charge in [-0.15, -0.1) is 0 Å². The normalized spacial score (nSPS) is 14.6. The Kier molecular flexibility index (Phi) is 4.81. The fourth-order valence-electron chi connectivity index (χ4n) is 1.69. The van der Waals surface area contributed by atoms with Crippen LogP contribution in [0.2, 0.25) is 0 Å². The molecule has 1 aromatic carbocycles. The highest BCUT2D eigenvalue weighted by atomic mass is 15.1. The molecule has 16 heavy (non-hydrogen) atoms. The molecule has 1 rings (SSSR count). The van der Waals surface area contributed by atoms with E-state index in [4.69, 9.17) is 5.73 Å². The molecular weight excluding hydrogens is 196 g/mol. The average molecular weight is 220 g/mol. The molecule has 90 valence electrons. The van der Waals surface area contributed by atoms with E-state index in [0.29, 0.717) is 18.5 Å². The van der Waals surface area contributed by atoms with Gasteiger partial charge in [0.2, 0.25) is 0 Å². The topological polar surface area (TPSA) is 29.3 Å². The predicted octanol–water partition coefficient (Wildman–Crippen LogP) is 2.98. The Hall–Kier alpha value is -1.02. The molecule has 0 aliphatic heterocycles. The predicted molar refractivity (Wildman–Crippen MR) is 72.1 cm³/mol. The molecule has 0 saturated carbocycles. The lowest BCUT2D eigenvalue weighted by Gasteiger charge is -2.26. The first kappa shape index (κ1) is 13.0. The van der Waals surface area contributed by atoms with Crippen molar-refractivity contribution >= 4 is 5.69 Å². The summed E-state index contributed by atoms with van der Waals surface area (Å²) in [5.74, 6) is 0.645. The van der Waals surface area contributed by atoms with Gasteiger partial charge in [0.1, 0.15) is 0 Å². The summed E-state index contributed by atoms with van der Waals surface area (Å²) in [5.41, 5.74) is 8.33. The van der Waals surface area contributed by atoms with Crippen molar-refractivity contribution in [3.8, 4) is 0 Å². The van der Waals surface area contributed by atoms with E-state index >= 15 is 0 Å². The first-order valence-corrected chi connectivity index (χ1v) is 6.13. The standard InChI is InChI=1S/C14H24N2/c1-5-11(2)13-6-8-14(9-7-13)16(4)12(3)10-15/h6-9,11-12H,5,10,15H2,1-4H3. The van der Waals surface area contributed by atoms with Crippen molar-refractivity contribution in [1.82, 2.24) is 0 Å². The zero-order valence-corrected chi connectivity index (χ0v) is 10.9. The Morgan fingerprint density at radius 3 is 2.19 bits per heavy atom. The van der Waals surface area contributed by atoms with E-state index in [9.17, 15) is 0 Å². The van der Waals surface area contributed by atoms with Gasteiger partial charge >= 0.3 is 0 Å². The minimum Gasteiger partial charge on any atom is -0.371 e. The number of rotatable bonds is 5. The summed E-state index contributed by atoms with van der Waals surface area (Å²) < 4.78 is 0. The number of hydrogen-bond acceptors (Lipinski definition) is 2. The summed E-state index contributed by atoms with van der Waals surface area (Å²) in [7, 11) is 2.09. The highest BCUT2D eigenvalue weighted by Crippen LogP contribution is 2.22. The van der Waals surface area contributed by atoms with Gasteiger partial charge < -0.3 is 10.6 Å². The SMILES string of the molecule is CCC(C)c1ccc(N(C)C(C)CN)cc1. The molecule has 2 N–H and O–H groups in total. The van der Waals surface area contributed by atoms with Gasteiger partial charge in [-0.25, -0.2) is 0 Å². The van der Waals surface area contributed by atoms with Gasteiger partial charge in [0.05, 0.1) is 0 Å². The zero-order chi connectivity index (χ0) is 12.1. The smallest absolute Gasteiger partial charge is 0.0380 e. The van der Waals surface area contributed by atoms with E-state index in [1.54, 1.807) is 0 Å². The van der Waals surface area contributed by atoms with Gasteiger partial charge in [-0.3, -0.25) is 0 Å². The fourth-order valence-corrected chi connectivity index (χ4v) is 1.69. The van der Waals surface area contributed by atoms with Gasteiger partial charge in [0, 0.05) is 25.3 Å². The monoisotopic (exact) mass is 220 g/mol. The largest absolute Gasteiger partial charge is 0.371 e. The number of nitrogens with zero attached hydrogens (tertiary/aromatic N) is 1. The summed E-state index contributed by atoms with van der Waals surface area (Å²) in [6, 6.07) is 9.21. The lowest BCUT2D eigenvalue weighted by Crippen LogP contribution is -2.35. The third-order valence-corrected chi connectivity index (χ3v) is 3.48. The van der Waals surface area contributed by atoms with Crippen LogP contribution in [0.1, 0.15) is 38.7 Å². The van der Waals surface area contributed by atoms with E-state index in [-0.39, 0.29) is 0 Å². The quantitative estimate of drug-likeness (QED) is 0.826. The molecule has 0 fully saturated rings. The number of benzene rings is 1. The van der Waals surface area contributed by atoms with Crippen LogP contribution in [-0.2, 0) is 0 Å². The first-order chi connectivity index (χ1) is 7.60. The molecule has 0 aliphatic rings. The molecule has 0 saturated heterocycles. The molecule has 0 amide bonds. The van der Waals surface area contributed by atoms with Gasteiger partial charge in [-0.1, -0.05) is 26.0 Å². The molecule has 1 aromatic rings. The fraction of sp³-hybridized carbons (Fsp3) is 0.571. The van der Waals surface area contributed by atoms with Crippen molar-refractivity contribution in [1.29, 1.82) is 0 Å². The maximum Gasteiger partial charge on any atom is 0.0380 e. The van der Waals surface area contributed by atoms with E-state index < -0.39 is 0 Å². The Labute approximate surface area is 99.5 Å². The molecule has 2 unspecified atom stereocenters. The average Bonchev–Trinajstić information content (AvgIpc) is 2.36. The molecule has 2 atom stereocenters. The number of hydrogen-bond donors (Lipinski definition) is 1. The van der Waals surface area contributed by atoms with Crippen LogP contribution in [0.25, 0.3) is 0 Å². The second-order valence-electron chi connectivity index (χ2n) is 4.60. The molecule has 0 aliphatic carbocycles. The number of nitrogens with two attached hydrogens (primary N) is 1. The van der Waals surface area contributed by atoms with Gasteiger partial charge in [0.15, 0.2) is 0 Å². The highest BCUT2D eigenvalue weighted by Gasteiger charge is 2.08. The maximum absolute atomic E-state index is 5.67. The second-order valence-corrected chi connectivity index (χ2v) is 4.60. The minimum atomic E-state index is 0.384. The number of anilines is 1.